The molecule has 1 aliphatic carbocycles. The van der Waals surface area contributed by atoms with E-state index in [-0.39, 0.29) is 0 Å². The number of carbonyl (C=O) groups excluding carboxylic acids is 1. The highest BCUT2D eigenvalue weighted by atomic mass is 79.9. The summed E-state index contributed by atoms with van der Waals surface area (Å²) in [4.78, 5) is 13.3. The molecule has 16 heavy (non-hydrogen) atoms. The molecule has 0 N–H and O–H groups in total. The van der Waals surface area contributed by atoms with Gasteiger partial charge in [-0.2, -0.15) is 0 Å². The van der Waals surface area contributed by atoms with Crippen molar-refractivity contribution < 1.29 is 4.79 Å². The lowest BCUT2D eigenvalue weighted by Crippen LogP contribution is -2.13. The van der Waals surface area contributed by atoms with Gasteiger partial charge in [-0.05, 0) is 53.2 Å². The maximum Gasteiger partial charge on any atom is 0.141 e. The summed E-state index contributed by atoms with van der Waals surface area (Å²) >= 11 is 5.11. The fourth-order valence-electron chi connectivity index (χ4n) is 2.50. The summed E-state index contributed by atoms with van der Waals surface area (Å²) in [6.45, 7) is 2.23. The van der Waals surface area contributed by atoms with Crippen LogP contribution in [0.1, 0.15) is 37.5 Å². The molecule has 2 rings (SSSR count). The maximum absolute atomic E-state index is 12.1. The third kappa shape index (κ3) is 2.95. The second-order valence-corrected chi connectivity index (χ2v) is 7.18. The zero-order chi connectivity index (χ0) is 11.5. The molecule has 1 aromatic rings. The molecule has 1 nitrogen and oxygen atoms in total. The summed E-state index contributed by atoms with van der Waals surface area (Å²) in [6, 6.07) is 4.08. The number of hydrogen-bond acceptors (Lipinski definition) is 2. The van der Waals surface area contributed by atoms with Gasteiger partial charge in [0.15, 0.2) is 0 Å². The van der Waals surface area contributed by atoms with Crippen LogP contribution in [0, 0.1) is 11.8 Å². The van der Waals surface area contributed by atoms with Crippen molar-refractivity contribution in [2.75, 3.05) is 0 Å². The Kier molecular flexibility index (Phi) is 4.20. The number of ketones is 1. The first-order valence-corrected chi connectivity index (χ1v) is 7.57. The summed E-state index contributed by atoms with van der Waals surface area (Å²) in [6.07, 6.45) is 5.36. The Hall–Kier alpha value is -0.150. The van der Waals surface area contributed by atoms with Crippen LogP contribution in [0.5, 0.6) is 0 Å². The Bertz CT molecular complexity index is 372. The highest BCUT2D eigenvalue weighted by molar-refractivity contribution is 9.11. The topological polar surface area (TPSA) is 17.1 Å². The largest absolute Gasteiger partial charge is 0.299 e. The van der Waals surface area contributed by atoms with Crippen LogP contribution < -0.4 is 0 Å². The van der Waals surface area contributed by atoms with Crippen LogP contribution in [0.25, 0.3) is 0 Å². The van der Waals surface area contributed by atoms with Crippen LogP contribution in [0.2, 0.25) is 0 Å². The van der Waals surface area contributed by atoms with Crippen LogP contribution in [-0.2, 0) is 11.2 Å². The average Bonchev–Trinajstić information content (AvgIpc) is 2.87. The van der Waals surface area contributed by atoms with E-state index in [1.54, 1.807) is 11.3 Å². The Morgan fingerprint density at radius 2 is 2.31 bits per heavy atom. The summed E-state index contributed by atoms with van der Waals surface area (Å²) in [7, 11) is 0. The molecular weight excluding hydrogens is 284 g/mol. The van der Waals surface area contributed by atoms with E-state index >= 15 is 0 Å². The van der Waals surface area contributed by atoms with Gasteiger partial charge in [-0.1, -0.05) is 13.3 Å². The molecule has 3 heteroatoms. The van der Waals surface area contributed by atoms with Crippen LogP contribution in [0.15, 0.2) is 15.9 Å². The summed E-state index contributed by atoms with van der Waals surface area (Å²) in [5, 5.41) is 0. The molecule has 0 amide bonds. The number of halogens is 1. The van der Waals surface area contributed by atoms with Gasteiger partial charge < -0.3 is 0 Å². The Labute approximate surface area is 109 Å². The zero-order valence-electron chi connectivity index (χ0n) is 9.54. The average molecular weight is 301 g/mol. The molecule has 0 saturated heterocycles. The van der Waals surface area contributed by atoms with E-state index < -0.39 is 0 Å². The Balaban J connectivity index is 1.89. The molecule has 0 aliphatic heterocycles. The van der Waals surface area contributed by atoms with E-state index in [1.165, 1.54) is 17.7 Å². The van der Waals surface area contributed by atoms with Crippen molar-refractivity contribution in [3.8, 4) is 0 Å². The quantitative estimate of drug-likeness (QED) is 0.803. The molecule has 1 saturated carbocycles. The molecule has 2 unspecified atom stereocenters. The highest BCUT2D eigenvalue weighted by Gasteiger charge is 2.28. The highest BCUT2D eigenvalue weighted by Crippen LogP contribution is 2.34. The molecule has 1 heterocycles. The van der Waals surface area contributed by atoms with Crippen molar-refractivity contribution in [3.05, 3.63) is 20.8 Å². The summed E-state index contributed by atoms with van der Waals surface area (Å²) in [5.41, 5.74) is 0. The van der Waals surface area contributed by atoms with E-state index in [0.717, 1.165) is 22.5 Å². The van der Waals surface area contributed by atoms with E-state index in [9.17, 15) is 4.79 Å². The second kappa shape index (κ2) is 5.46. The predicted octanol–water partition coefficient (Wildman–Crippen LogP) is 4.45. The first-order chi connectivity index (χ1) is 7.69. The van der Waals surface area contributed by atoms with Gasteiger partial charge in [-0.15, -0.1) is 11.3 Å². The standard InChI is InChI=1S/C13H17BrOS/c1-2-9-3-4-10(7-9)12(15)8-11-5-6-13(14)16-11/h5-6,9-10H,2-4,7-8H2,1H3. The Morgan fingerprint density at radius 1 is 1.50 bits per heavy atom. The van der Waals surface area contributed by atoms with E-state index in [0.29, 0.717) is 18.1 Å². The SMILES string of the molecule is CCC1CCC(C(=O)Cc2ccc(Br)s2)C1. The first kappa shape index (κ1) is 12.3. The molecule has 88 valence electrons. The van der Waals surface area contributed by atoms with Gasteiger partial charge in [-0.25, -0.2) is 0 Å². The number of carbonyl (C=O) groups is 1. The van der Waals surface area contributed by atoms with Gasteiger partial charge in [0.2, 0.25) is 0 Å². The van der Waals surface area contributed by atoms with Crippen LogP contribution >= 0.6 is 27.3 Å². The first-order valence-electron chi connectivity index (χ1n) is 5.96. The zero-order valence-corrected chi connectivity index (χ0v) is 11.9. The molecule has 0 aromatic carbocycles. The van der Waals surface area contributed by atoms with Gasteiger partial charge in [0.25, 0.3) is 0 Å². The molecule has 1 aromatic heterocycles. The smallest absolute Gasteiger partial charge is 0.141 e. The van der Waals surface area contributed by atoms with Crippen molar-refractivity contribution in [1.29, 1.82) is 0 Å². The molecule has 1 aliphatic rings. The molecular formula is C13H17BrOS. The van der Waals surface area contributed by atoms with Crippen molar-refractivity contribution in [2.24, 2.45) is 11.8 Å². The monoisotopic (exact) mass is 300 g/mol. The lowest BCUT2D eigenvalue weighted by Gasteiger charge is -2.08. The number of rotatable bonds is 4. The van der Waals surface area contributed by atoms with Crippen molar-refractivity contribution in [2.45, 2.75) is 39.0 Å². The number of Topliss-reactive ketones (excluding diaryl/α,β-unsaturated/α-hetero) is 1. The third-order valence-electron chi connectivity index (χ3n) is 3.55. The molecule has 0 spiro atoms. The fraction of sp³-hybridized carbons (Fsp3) is 0.615. The van der Waals surface area contributed by atoms with Gasteiger partial charge in [0.05, 0.1) is 3.79 Å². The number of thiophene rings is 1. The van der Waals surface area contributed by atoms with Gasteiger partial charge in [-0.3, -0.25) is 4.79 Å². The second-order valence-electron chi connectivity index (χ2n) is 4.63. The summed E-state index contributed by atoms with van der Waals surface area (Å²) < 4.78 is 1.12. The number of hydrogen-bond donors (Lipinski definition) is 0. The van der Waals surface area contributed by atoms with Crippen molar-refractivity contribution in [1.82, 2.24) is 0 Å². The van der Waals surface area contributed by atoms with Gasteiger partial charge >= 0.3 is 0 Å². The van der Waals surface area contributed by atoms with Crippen molar-refractivity contribution in [3.63, 3.8) is 0 Å². The van der Waals surface area contributed by atoms with Crippen molar-refractivity contribution >= 4 is 33.0 Å². The molecule has 0 bridgehead atoms. The normalized spacial score (nSPS) is 24.9. The molecule has 0 radical (unpaired) electrons. The fourth-order valence-corrected chi connectivity index (χ4v) is 3.99. The van der Waals surface area contributed by atoms with E-state index in [1.807, 2.05) is 6.07 Å². The lowest BCUT2D eigenvalue weighted by molar-refractivity contribution is -0.122. The lowest BCUT2D eigenvalue weighted by atomic mass is 9.97. The van der Waals surface area contributed by atoms with E-state index in [4.69, 9.17) is 0 Å². The van der Waals surface area contributed by atoms with E-state index in [2.05, 4.69) is 28.9 Å². The minimum atomic E-state index is 0.339. The minimum absolute atomic E-state index is 0.339. The van der Waals surface area contributed by atoms with Crippen LogP contribution in [0.3, 0.4) is 0 Å². The maximum atomic E-state index is 12.1. The Morgan fingerprint density at radius 3 is 2.88 bits per heavy atom. The van der Waals surface area contributed by atoms with Gasteiger partial charge in [0, 0.05) is 17.2 Å². The van der Waals surface area contributed by atoms with Crippen LogP contribution in [0.4, 0.5) is 0 Å². The third-order valence-corrected chi connectivity index (χ3v) is 5.17. The molecule has 1 fully saturated rings. The molecule has 2 atom stereocenters. The minimum Gasteiger partial charge on any atom is -0.299 e. The van der Waals surface area contributed by atoms with Crippen LogP contribution in [-0.4, -0.2) is 5.78 Å². The predicted molar refractivity (Wildman–Crippen MR) is 71.9 cm³/mol. The van der Waals surface area contributed by atoms with Gasteiger partial charge in [0.1, 0.15) is 5.78 Å². The summed E-state index contributed by atoms with van der Waals surface area (Å²) in [5.74, 6) is 1.58.